The topological polar surface area (TPSA) is 168 Å². The third kappa shape index (κ3) is 12.2. The lowest BCUT2D eigenvalue weighted by Crippen LogP contribution is -2.54. The number of ketones is 1. The second-order valence-corrected chi connectivity index (χ2v) is 11.6. The summed E-state index contributed by atoms with van der Waals surface area (Å²) in [5.41, 5.74) is 5.07. The Hall–Kier alpha value is -2.98. The molecule has 11 nitrogen and oxygen atoms in total. The van der Waals surface area contributed by atoms with Crippen molar-refractivity contribution in [2.45, 2.75) is 105 Å². The molecule has 11 heteroatoms. The largest absolute Gasteiger partial charge is 0.352 e. The standard InChI is InChI=1S/C28H49N5O6/c1-17(2)15-20-16-23(35)33(27(20)38)14-9-7-8-12-22(34)32-24(18(3)4)26(37)31-21(25(36)19(5)6)11-10-13-30-28(29)39/h17-21,24H,7-16H2,1-6H3,(H,31,37)(H,32,34)(H3,29,30,39)/t20?,21-,24-/m0/s1. The SMILES string of the molecule is CC(C)CC1CC(=O)N(CCCCCC(=O)N[C@H](C(=O)N[C@@H](CCCNC(N)=O)C(=O)C(C)C)C(C)C)C1=O. The van der Waals surface area contributed by atoms with Crippen LogP contribution in [0.5, 0.6) is 0 Å². The molecule has 5 N–H and O–H groups in total. The molecule has 1 heterocycles. The Morgan fingerprint density at radius 1 is 0.949 bits per heavy atom. The summed E-state index contributed by atoms with van der Waals surface area (Å²) in [6, 6.07) is -2.19. The van der Waals surface area contributed by atoms with Gasteiger partial charge in [-0.15, -0.1) is 0 Å². The molecule has 0 bridgehead atoms. The number of amides is 6. The molecule has 1 rings (SSSR count). The van der Waals surface area contributed by atoms with Crippen LogP contribution >= 0.6 is 0 Å². The highest BCUT2D eigenvalue weighted by molar-refractivity contribution is 6.03. The summed E-state index contributed by atoms with van der Waals surface area (Å²) in [5, 5.41) is 8.04. The summed E-state index contributed by atoms with van der Waals surface area (Å²) in [4.78, 5) is 75.2. The van der Waals surface area contributed by atoms with E-state index in [-0.39, 0.29) is 60.6 Å². The Morgan fingerprint density at radius 3 is 2.18 bits per heavy atom. The van der Waals surface area contributed by atoms with Crippen LogP contribution in [-0.4, -0.2) is 65.5 Å². The molecule has 0 aliphatic carbocycles. The minimum absolute atomic E-state index is 0.0874. The minimum atomic E-state index is -0.804. The molecule has 1 aliphatic heterocycles. The van der Waals surface area contributed by atoms with E-state index in [9.17, 15) is 28.8 Å². The van der Waals surface area contributed by atoms with Crippen LogP contribution in [0.2, 0.25) is 0 Å². The average Bonchev–Trinajstić information content (AvgIpc) is 3.09. The van der Waals surface area contributed by atoms with Gasteiger partial charge in [0.15, 0.2) is 5.78 Å². The summed E-state index contributed by atoms with van der Waals surface area (Å²) in [6.07, 6.45) is 3.85. The molecule has 1 saturated heterocycles. The van der Waals surface area contributed by atoms with Gasteiger partial charge in [0.1, 0.15) is 6.04 Å². The van der Waals surface area contributed by atoms with E-state index in [1.54, 1.807) is 13.8 Å². The van der Waals surface area contributed by atoms with E-state index in [1.165, 1.54) is 4.90 Å². The highest BCUT2D eigenvalue weighted by Crippen LogP contribution is 2.26. The zero-order valence-corrected chi connectivity index (χ0v) is 24.5. The fourth-order valence-electron chi connectivity index (χ4n) is 4.72. The number of imide groups is 1. The molecule has 1 unspecified atom stereocenters. The van der Waals surface area contributed by atoms with Crippen LogP contribution in [-0.2, 0) is 24.0 Å². The Morgan fingerprint density at radius 2 is 1.62 bits per heavy atom. The van der Waals surface area contributed by atoms with Gasteiger partial charge in [-0.2, -0.15) is 0 Å². The van der Waals surface area contributed by atoms with Crippen molar-refractivity contribution in [3.05, 3.63) is 0 Å². The summed E-state index contributed by atoms with van der Waals surface area (Å²) < 4.78 is 0. The third-order valence-electron chi connectivity index (χ3n) is 6.84. The lowest BCUT2D eigenvalue weighted by molar-refractivity contribution is -0.139. The number of Topliss-reactive ketones (excluding diaryl/α,β-unsaturated/α-hetero) is 1. The van der Waals surface area contributed by atoms with Gasteiger partial charge in [-0.25, -0.2) is 4.79 Å². The summed E-state index contributed by atoms with van der Waals surface area (Å²) >= 11 is 0. The van der Waals surface area contributed by atoms with E-state index in [0.29, 0.717) is 51.0 Å². The van der Waals surface area contributed by atoms with Crippen LogP contribution in [0.25, 0.3) is 0 Å². The number of urea groups is 1. The number of hydrogen-bond acceptors (Lipinski definition) is 6. The number of primary amides is 1. The van der Waals surface area contributed by atoms with Crippen molar-refractivity contribution >= 4 is 35.4 Å². The maximum Gasteiger partial charge on any atom is 0.312 e. The molecular weight excluding hydrogens is 502 g/mol. The van der Waals surface area contributed by atoms with Gasteiger partial charge in [0.2, 0.25) is 23.6 Å². The van der Waals surface area contributed by atoms with Gasteiger partial charge in [0.05, 0.1) is 6.04 Å². The minimum Gasteiger partial charge on any atom is -0.352 e. The van der Waals surface area contributed by atoms with Gasteiger partial charge < -0.3 is 21.7 Å². The number of rotatable bonds is 18. The molecule has 222 valence electrons. The predicted molar refractivity (Wildman–Crippen MR) is 148 cm³/mol. The first-order chi connectivity index (χ1) is 18.2. The molecule has 0 radical (unpaired) electrons. The Bertz CT molecular complexity index is 873. The van der Waals surface area contributed by atoms with Gasteiger partial charge in [0, 0.05) is 37.8 Å². The highest BCUT2D eigenvalue weighted by Gasteiger charge is 2.38. The Kier molecular flexibility index (Phi) is 14.7. The van der Waals surface area contributed by atoms with Gasteiger partial charge in [-0.05, 0) is 43.9 Å². The van der Waals surface area contributed by atoms with Crippen LogP contribution < -0.4 is 21.7 Å². The van der Waals surface area contributed by atoms with Crippen molar-refractivity contribution in [3.63, 3.8) is 0 Å². The first kappa shape index (κ1) is 34.0. The van der Waals surface area contributed by atoms with E-state index < -0.39 is 24.0 Å². The predicted octanol–water partition coefficient (Wildman–Crippen LogP) is 2.27. The average molecular weight is 552 g/mol. The summed E-state index contributed by atoms with van der Waals surface area (Å²) in [6.45, 7) is 11.9. The lowest BCUT2D eigenvalue weighted by atomic mass is 9.96. The van der Waals surface area contributed by atoms with Gasteiger partial charge in [0.25, 0.3) is 0 Å². The van der Waals surface area contributed by atoms with Gasteiger partial charge in [-0.1, -0.05) is 48.0 Å². The summed E-state index contributed by atoms with van der Waals surface area (Å²) in [5.74, 6) is -1.39. The number of carbonyl (C=O) groups is 6. The lowest BCUT2D eigenvalue weighted by Gasteiger charge is -2.26. The monoisotopic (exact) mass is 551 g/mol. The van der Waals surface area contributed by atoms with Crippen molar-refractivity contribution < 1.29 is 28.8 Å². The van der Waals surface area contributed by atoms with Crippen molar-refractivity contribution in [2.24, 2.45) is 29.4 Å². The van der Waals surface area contributed by atoms with Crippen molar-refractivity contribution in [2.75, 3.05) is 13.1 Å². The molecule has 0 spiro atoms. The van der Waals surface area contributed by atoms with E-state index in [2.05, 4.69) is 16.0 Å². The zero-order valence-electron chi connectivity index (χ0n) is 24.5. The second kappa shape index (κ2) is 16.9. The van der Waals surface area contributed by atoms with E-state index in [4.69, 9.17) is 5.73 Å². The maximum absolute atomic E-state index is 13.0. The van der Waals surface area contributed by atoms with Crippen LogP contribution in [0.15, 0.2) is 0 Å². The van der Waals surface area contributed by atoms with Crippen molar-refractivity contribution in [3.8, 4) is 0 Å². The van der Waals surface area contributed by atoms with Crippen molar-refractivity contribution in [1.29, 1.82) is 0 Å². The highest BCUT2D eigenvalue weighted by atomic mass is 16.2. The quantitative estimate of drug-likeness (QED) is 0.150. The molecule has 0 aromatic rings. The number of hydrogen-bond donors (Lipinski definition) is 4. The number of carbonyl (C=O) groups excluding carboxylic acids is 6. The summed E-state index contributed by atoms with van der Waals surface area (Å²) in [7, 11) is 0. The molecule has 3 atom stereocenters. The fraction of sp³-hybridized carbons (Fsp3) is 0.786. The second-order valence-electron chi connectivity index (χ2n) is 11.6. The molecular formula is C28H49N5O6. The van der Waals surface area contributed by atoms with Crippen LogP contribution in [0.1, 0.15) is 92.9 Å². The zero-order chi connectivity index (χ0) is 29.7. The normalized spacial score (nSPS) is 17.1. The van der Waals surface area contributed by atoms with E-state index in [0.717, 1.165) is 0 Å². The molecule has 0 aromatic heterocycles. The first-order valence-corrected chi connectivity index (χ1v) is 14.3. The molecule has 0 saturated carbocycles. The van der Waals surface area contributed by atoms with Gasteiger partial charge >= 0.3 is 6.03 Å². The Labute approximate surface area is 232 Å². The molecule has 1 fully saturated rings. The maximum atomic E-state index is 13.0. The molecule has 1 aliphatic rings. The smallest absolute Gasteiger partial charge is 0.312 e. The van der Waals surface area contributed by atoms with Gasteiger partial charge in [-0.3, -0.25) is 28.9 Å². The van der Waals surface area contributed by atoms with Crippen LogP contribution in [0.3, 0.4) is 0 Å². The van der Waals surface area contributed by atoms with Crippen LogP contribution in [0, 0.1) is 23.7 Å². The molecule has 6 amide bonds. The van der Waals surface area contributed by atoms with E-state index in [1.807, 2.05) is 27.7 Å². The fourth-order valence-corrected chi connectivity index (χ4v) is 4.72. The third-order valence-corrected chi connectivity index (χ3v) is 6.84. The van der Waals surface area contributed by atoms with Crippen LogP contribution in [0.4, 0.5) is 4.79 Å². The number of nitrogens with one attached hydrogen (secondary N) is 3. The van der Waals surface area contributed by atoms with Crippen molar-refractivity contribution in [1.82, 2.24) is 20.9 Å². The first-order valence-electron chi connectivity index (χ1n) is 14.3. The number of unbranched alkanes of at least 4 members (excludes halogenated alkanes) is 2. The number of nitrogens with two attached hydrogens (primary N) is 1. The number of likely N-dealkylation sites (tertiary alicyclic amines) is 1. The molecule has 39 heavy (non-hydrogen) atoms. The Balaban J connectivity index is 2.54. The number of nitrogens with zero attached hydrogens (tertiary/aromatic N) is 1. The van der Waals surface area contributed by atoms with E-state index >= 15 is 0 Å². The molecule has 0 aromatic carbocycles.